The molecule has 4 rings (SSSR count). The fraction of sp³-hybridized carbons (Fsp3) is 0.476. The van der Waals surface area contributed by atoms with Crippen molar-refractivity contribution >= 4 is 11.8 Å². The Morgan fingerprint density at radius 2 is 1.93 bits per heavy atom. The van der Waals surface area contributed by atoms with E-state index < -0.39 is 5.69 Å². The van der Waals surface area contributed by atoms with E-state index in [1.807, 2.05) is 24.3 Å². The summed E-state index contributed by atoms with van der Waals surface area (Å²) in [6, 6.07) is 9.56. The Kier molecular flexibility index (Phi) is 6.41. The third-order valence-corrected chi connectivity index (χ3v) is 5.61. The summed E-state index contributed by atoms with van der Waals surface area (Å²) in [7, 11) is 0. The molecule has 0 saturated carbocycles. The zero-order chi connectivity index (χ0) is 20.9. The second-order valence-electron chi connectivity index (χ2n) is 7.94. The van der Waals surface area contributed by atoms with Gasteiger partial charge in [0.05, 0.1) is 5.69 Å². The summed E-state index contributed by atoms with van der Waals surface area (Å²) in [5, 5.41) is 5.91. The molecule has 30 heavy (non-hydrogen) atoms. The molecular weight excluding hydrogens is 382 g/mol. The molecule has 1 aromatic carbocycles. The van der Waals surface area contributed by atoms with E-state index in [2.05, 4.69) is 20.5 Å². The number of likely N-dealkylation sites (tertiary alicyclic amines) is 1. The molecular formula is C21H29N7O2. The van der Waals surface area contributed by atoms with Gasteiger partial charge < -0.3 is 16.0 Å². The van der Waals surface area contributed by atoms with Crippen molar-refractivity contribution < 1.29 is 4.79 Å². The summed E-state index contributed by atoms with van der Waals surface area (Å²) in [5.74, 6) is 0.262. The lowest BCUT2D eigenvalue weighted by atomic mass is 10.1. The molecule has 2 aromatic rings. The minimum Gasteiger partial charge on any atom is -0.327 e. The van der Waals surface area contributed by atoms with Gasteiger partial charge in [-0.3, -0.25) is 14.8 Å². The molecule has 9 nitrogen and oxygen atoms in total. The minimum absolute atomic E-state index is 0.233. The lowest BCUT2D eigenvalue weighted by molar-refractivity contribution is 0.201. The first kappa shape index (κ1) is 20.5. The Balaban J connectivity index is 1.40. The van der Waals surface area contributed by atoms with Gasteiger partial charge in [0.25, 0.3) is 0 Å². The molecule has 160 valence electrons. The quantitative estimate of drug-likeness (QED) is 0.680. The highest BCUT2D eigenvalue weighted by atomic mass is 16.2. The molecule has 0 unspecified atom stereocenters. The van der Waals surface area contributed by atoms with E-state index in [-0.39, 0.29) is 17.9 Å². The fourth-order valence-corrected chi connectivity index (χ4v) is 3.98. The number of aromatic nitrogens is 2. The number of nitrogens with zero attached hydrogens (tertiary/aromatic N) is 4. The molecule has 2 fully saturated rings. The van der Waals surface area contributed by atoms with E-state index in [9.17, 15) is 9.59 Å². The molecule has 0 aliphatic carbocycles. The summed E-state index contributed by atoms with van der Waals surface area (Å²) in [5.41, 5.74) is 7.56. The average molecular weight is 412 g/mol. The lowest BCUT2D eigenvalue weighted by Crippen LogP contribution is -2.48. The SMILES string of the molecule is N[C@H]1CCCN(Cc2ccc(-n3ccc(NC(=O)N4CCNCC4)nc3=O)cc2)C1. The number of benzene rings is 1. The largest absolute Gasteiger partial charge is 0.354 e. The Hall–Kier alpha value is -2.75. The summed E-state index contributed by atoms with van der Waals surface area (Å²) in [4.78, 5) is 32.9. The van der Waals surface area contributed by atoms with Gasteiger partial charge in [-0.1, -0.05) is 12.1 Å². The van der Waals surface area contributed by atoms with Crippen LogP contribution in [0.4, 0.5) is 10.6 Å². The highest BCUT2D eigenvalue weighted by Gasteiger charge is 2.18. The molecule has 1 aromatic heterocycles. The molecule has 3 heterocycles. The molecule has 1 atom stereocenters. The van der Waals surface area contributed by atoms with Crippen LogP contribution in [-0.2, 0) is 6.54 Å². The first-order valence-electron chi connectivity index (χ1n) is 10.5. The van der Waals surface area contributed by atoms with Crippen LogP contribution in [0.5, 0.6) is 0 Å². The van der Waals surface area contributed by atoms with E-state index in [1.54, 1.807) is 17.2 Å². The van der Waals surface area contributed by atoms with Crippen LogP contribution >= 0.6 is 0 Å². The van der Waals surface area contributed by atoms with Gasteiger partial charge in [0, 0.05) is 51.5 Å². The summed E-state index contributed by atoms with van der Waals surface area (Å²) in [6.45, 7) is 5.66. The third kappa shape index (κ3) is 5.05. The predicted octanol–water partition coefficient (Wildman–Crippen LogP) is 0.593. The zero-order valence-electron chi connectivity index (χ0n) is 17.1. The minimum atomic E-state index is -0.428. The number of nitrogens with two attached hydrogens (primary N) is 1. The number of carbonyl (C=O) groups is 1. The molecule has 0 bridgehead atoms. The van der Waals surface area contributed by atoms with Crippen LogP contribution in [0.2, 0.25) is 0 Å². The van der Waals surface area contributed by atoms with Gasteiger partial charge in [-0.05, 0) is 43.1 Å². The second kappa shape index (κ2) is 9.38. The number of carbonyl (C=O) groups excluding carboxylic acids is 1. The number of rotatable bonds is 4. The number of amides is 2. The monoisotopic (exact) mass is 411 g/mol. The van der Waals surface area contributed by atoms with Crippen molar-refractivity contribution in [3.8, 4) is 5.69 Å². The second-order valence-corrected chi connectivity index (χ2v) is 7.94. The average Bonchev–Trinajstić information content (AvgIpc) is 2.75. The van der Waals surface area contributed by atoms with Gasteiger partial charge >= 0.3 is 11.7 Å². The standard InChI is InChI=1S/C21H29N7O2/c22-17-2-1-10-26(15-17)14-16-3-5-18(6-4-16)28-11-7-19(25-21(28)30)24-20(29)27-12-8-23-9-13-27/h3-7,11,17,23H,1-2,8-10,12-15,22H2,(H,24,25,29,30)/t17-/m0/s1. The van der Waals surface area contributed by atoms with Gasteiger partial charge in [0.2, 0.25) is 0 Å². The van der Waals surface area contributed by atoms with E-state index in [0.717, 1.165) is 51.3 Å². The highest BCUT2D eigenvalue weighted by molar-refractivity contribution is 5.88. The molecule has 2 saturated heterocycles. The van der Waals surface area contributed by atoms with Crippen LogP contribution in [0.25, 0.3) is 5.69 Å². The molecule has 2 amide bonds. The van der Waals surface area contributed by atoms with Crippen LogP contribution in [0.15, 0.2) is 41.3 Å². The first-order valence-corrected chi connectivity index (χ1v) is 10.5. The number of piperazine rings is 1. The fourth-order valence-electron chi connectivity index (χ4n) is 3.98. The van der Waals surface area contributed by atoms with Crippen LogP contribution in [-0.4, -0.2) is 70.7 Å². The van der Waals surface area contributed by atoms with E-state index in [4.69, 9.17) is 5.73 Å². The number of nitrogens with one attached hydrogen (secondary N) is 2. The number of piperidine rings is 1. The number of urea groups is 1. The van der Waals surface area contributed by atoms with Crippen LogP contribution in [0.1, 0.15) is 18.4 Å². The number of hydrogen-bond donors (Lipinski definition) is 3. The third-order valence-electron chi connectivity index (χ3n) is 5.61. The lowest BCUT2D eigenvalue weighted by Gasteiger charge is -2.30. The summed E-state index contributed by atoms with van der Waals surface area (Å²) in [6.07, 6.45) is 3.87. The summed E-state index contributed by atoms with van der Waals surface area (Å²) >= 11 is 0. The van der Waals surface area contributed by atoms with Gasteiger partial charge in [-0.25, -0.2) is 9.59 Å². The van der Waals surface area contributed by atoms with Crippen LogP contribution in [0, 0.1) is 0 Å². The van der Waals surface area contributed by atoms with Crippen LogP contribution < -0.4 is 22.1 Å². The van der Waals surface area contributed by atoms with Crippen LogP contribution in [0.3, 0.4) is 0 Å². The molecule has 4 N–H and O–H groups in total. The maximum absolute atomic E-state index is 12.5. The van der Waals surface area contributed by atoms with Crippen molar-refractivity contribution in [3.63, 3.8) is 0 Å². The Morgan fingerprint density at radius 3 is 2.63 bits per heavy atom. The Labute approximate surface area is 175 Å². The zero-order valence-corrected chi connectivity index (χ0v) is 17.1. The van der Waals surface area contributed by atoms with Crippen molar-refractivity contribution in [1.29, 1.82) is 0 Å². The predicted molar refractivity (Wildman–Crippen MR) is 116 cm³/mol. The van der Waals surface area contributed by atoms with Crippen molar-refractivity contribution in [1.82, 2.24) is 24.7 Å². The van der Waals surface area contributed by atoms with Crippen molar-refractivity contribution in [2.75, 3.05) is 44.6 Å². The van der Waals surface area contributed by atoms with E-state index >= 15 is 0 Å². The highest BCUT2D eigenvalue weighted by Crippen LogP contribution is 2.14. The van der Waals surface area contributed by atoms with Crippen molar-refractivity contribution in [2.45, 2.75) is 25.4 Å². The molecule has 2 aliphatic rings. The molecule has 9 heteroatoms. The number of anilines is 1. The van der Waals surface area contributed by atoms with Gasteiger partial charge in [-0.2, -0.15) is 4.98 Å². The summed E-state index contributed by atoms with van der Waals surface area (Å²) < 4.78 is 1.47. The van der Waals surface area contributed by atoms with Crippen molar-refractivity contribution in [3.05, 3.63) is 52.6 Å². The van der Waals surface area contributed by atoms with Gasteiger partial charge in [-0.15, -0.1) is 0 Å². The van der Waals surface area contributed by atoms with Gasteiger partial charge in [0.15, 0.2) is 0 Å². The Bertz CT molecular complexity index is 922. The van der Waals surface area contributed by atoms with Gasteiger partial charge in [0.1, 0.15) is 5.82 Å². The first-order chi connectivity index (χ1) is 14.6. The maximum Gasteiger partial charge on any atom is 0.354 e. The molecule has 0 spiro atoms. The Morgan fingerprint density at radius 1 is 1.17 bits per heavy atom. The molecule has 0 radical (unpaired) electrons. The normalized spacial score (nSPS) is 20.2. The maximum atomic E-state index is 12.5. The topological polar surface area (TPSA) is 109 Å². The molecule has 2 aliphatic heterocycles. The van der Waals surface area contributed by atoms with E-state index in [1.165, 1.54) is 10.1 Å². The van der Waals surface area contributed by atoms with E-state index in [0.29, 0.717) is 13.1 Å². The van der Waals surface area contributed by atoms with Crippen molar-refractivity contribution in [2.24, 2.45) is 5.73 Å². The smallest absolute Gasteiger partial charge is 0.327 e. The number of hydrogen-bond acceptors (Lipinski definition) is 6.